The molecule has 1 rings (SSSR count). The van der Waals surface area contributed by atoms with E-state index in [-0.39, 0.29) is 25.9 Å². The number of aliphatic carboxylic acids is 1. The molecule has 0 aromatic carbocycles. The minimum atomic E-state index is -1.90. The van der Waals surface area contributed by atoms with Crippen LogP contribution in [0.5, 0.6) is 0 Å². The predicted octanol–water partition coefficient (Wildman–Crippen LogP) is 11.6. The van der Waals surface area contributed by atoms with Gasteiger partial charge in [-0.15, -0.1) is 0 Å². The third-order valence-electron chi connectivity index (χ3n) is 11.5. The number of carbonyl (C=O) groups is 4. The highest BCUT2D eigenvalue weighted by molar-refractivity contribution is 5.74. The van der Waals surface area contributed by atoms with Gasteiger partial charge >= 0.3 is 23.9 Å². The van der Waals surface area contributed by atoms with Crippen molar-refractivity contribution in [1.82, 2.24) is 0 Å². The molecule has 1 aliphatic heterocycles. The number of rotatable bonds is 42. The van der Waals surface area contributed by atoms with Gasteiger partial charge in [0.25, 0.3) is 0 Å². The van der Waals surface area contributed by atoms with E-state index in [0.717, 1.165) is 96.3 Å². The number of allylic oxidation sites excluding steroid dienone is 4. The summed E-state index contributed by atoms with van der Waals surface area (Å²) >= 11 is 0. The van der Waals surface area contributed by atoms with Crippen molar-refractivity contribution in [2.75, 3.05) is 13.2 Å². The maximum Gasteiger partial charge on any atom is 0.335 e. The van der Waals surface area contributed by atoms with Crippen molar-refractivity contribution >= 4 is 23.9 Å². The van der Waals surface area contributed by atoms with Gasteiger partial charge in [-0.1, -0.05) is 186 Å². The fraction of sp³-hybridized carbons (Fsp3) is 0.843. The lowest BCUT2D eigenvalue weighted by Crippen LogP contribution is -2.61. The van der Waals surface area contributed by atoms with Gasteiger partial charge in [-0.2, -0.15) is 0 Å². The van der Waals surface area contributed by atoms with Gasteiger partial charge in [0, 0.05) is 19.3 Å². The molecule has 0 aromatic rings. The van der Waals surface area contributed by atoms with E-state index < -0.39 is 67.3 Å². The summed E-state index contributed by atoms with van der Waals surface area (Å²) in [5.41, 5.74) is 0. The third-order valence-corrected chi connectivity index (χ3v) is 11.5. The van der Waals surface area contributed by atoms with Crippen LogP contribution in [-0.2, 0) is 42.9 Å². The van der Waals surface area contributed by atoms with Crippen molar-refractivity contribution in [1.29, 1.82) is 0 Å². The Hall–Kier alpha value is -2.80. The minimum Gasteiger partial charge on any atom is -0.479 e. The van der Waals surface area contributed by atoms with E-state index in [1.807, 2.05) is 0 Å². The van der Waals surface area contributed by atoms with E-state index in [0.29, 0.717) is 19.3 Å². The lowest BCUT2D eigenvalue weighted by atomic mass is 9.98. The lowest BCUT2D eigenvalue weighted by molar-refractivity contribution is -0.301. The normalized spacial score (nSPS) is 19.4. The number of carboxylic acid groups (broad SMARTS) is 1. The average Bonchev–Trinajstić information content (AvgIpc) is 3.26. The fourth-order valence-electron chi connectivity index (χ4n) is 7.58. The molecule has 0 spiro atoms. The van der Waals surface area contributed by atoms with Gasteiger partial charge < -0.3 is 39.0 Å². The molecule has 0 aromatic heterocycles. The van der Waals surface area contributed by atoms with Crippen LogP contribution in [0.25, 0.3) is 0 Å². The summed E-state index contributed by atoms with van der Waals surface area (Å²) in [6, 6.07) is 0. The average molecular weight is 895 g/mol. The smallest absolute Gasteiger partial charge is 0.335 e. The largest absolute Gasteiger partial charge is 0.479 e. The molecule has 0 saturated carbocycles. The van der Waals surface area contributed by atoms with Gasteiger partial charge in [-0.3, -0.25) is 14.4 Å². The van der Waals surface area contributed by atoms with Crippen LogP contribution >= 0.6 is 0 Å². The molecular weight excluding hydrogens is 805 g/mol. The van der Waals surface area contributed by atoms with Gasteiger partial charge in [0.05, 0.1) is 6.61 Å². The molecule has 12 nitrogen and oxygen atoms in total. The number of hydrogen-bond donors (Lipinski definition) is 3. The Morgan fingerprint density at radius 1 is 0.524 bits per heavy atom. The third kappa shape index (κ3) is 31.7. The predicted molar refractivity (Wildman–Crippen MR) is 248 cm³/mol. The van der Waals surface area contributed by atoms with Gasteiger partial charge in [0.1, 0.15) is 18.8 Å². The minimum absolute atomic E-state index is 0.0645. The zero-order valence-corrected chi connectivity index (χ0v) is 39.8. The maximum atomic E-state index is 13.0. The van der Waals surface area contributed by atoms with Crippen LogP contribution in [0.4, 0.5) is 0 Å². The first-order valence-electron chi connectivity index (χ1n) is 25.3. The zero-order valence-electron chi connectivity index (χ0n) is 39.8. The van der Waals surface area contributed by atoms with Crippen LogP contribution < -0.4 is 0 Å². The quantitative estimate of drug-likeness (QED) is 0.0229. The monoisotopic (exact) mass is 895 g/mol. The molecule has 0 radical (unpaired) electrons. The zero-order chi connectivity index (χ0) is 46.2. The van der Waals surface area contributed by atoms with E-state index in [1.54, 1.807) is 0 Å². The van der Waals surface area contributed by atoms with Crippen LogP contribution in [0.1, 0.15) is 226 Å². The summed E-state index contributed by atoms with van der Waals surface area (Å²) in [5.74, 6) is -3.12. The first kappa shape index (κ1) is 58.2. The van der Waals surface area contributed by atoms with Gasteiger partial charge in [0.15, 0.2) is 24.6 Å². The van der Waals surface area contributed by atoms with Gasteiger partial charge in [-0.25, -0.2) is 4.79 Å². The Bertz CT molecular complexity index is 1200. The van der Waals surface area contributed by atoms with Crippen LogP contribution in [0.2, 0.25) is 0 Å². The Labute approximate surface area is 381 Å². The Morgan fingerprint density at radius 3 is 1.49 bits per heavy atom. The first-order chi connectivity index (χ1) is 30.6. The molecule has 6 atom stereocenters. The SMILES string of the molecule is CCC/C=C\C/C=C\CCCCCCCC(=O)OCC(COC1OC(C(=O)O)C(O)C(O)C1OC(=O)CCCCCCCCCCCCC)OC(=O)CCCCCCCCCCC. The number of aliphatic hydroxyl groups excluding tert-OH is 2. The summed E-state index contributed by atoms with van der Waals surface area (Å²) in [4.78, 5) is 50.6. The number of esters is 3. The molecule has 6 unspecified atom stereocenters. The lowest BCUT2D eigenvalue weighted by Gasteiger charge is -2.40. The number of ether oxygens (including phenoxy) is 5. The molecule has 1 heterocycles. The molecule has 3 N–H and O–H groups in total. The van der Waals surface area contributed by atoms with E-state index in [4.69, 9.17) is 23.7 Å². The second kappa shape index (κ2) is 40.7. The Kier molecular flexibility index (Phi) is 37.6. The highest BCUT2D eigenvalue weighted by Crippen LogP contribution is 2.26. The topological polar surface area (TPSA) is 175 Å². The summed E-state index contributed by atoms with van der Waals surface area (Å²) in [6.45, 7) is 5.85. The van der Waals surface area contributed by atoms with Crippen molar-refractivity contribution in [3.05, 3.63) is 24.3 Å². The summed E-state index contributed by atoms with van der Waals surface area (Å²) in [6.07, 6.45) is 30.4. The number of aliphatic hydroxyl groups is 2. The van der Waals surface area contributed by atoms with Crippen LogP contribution in [0.3, 0.4) is 0 Å². The second-order valence-corrected chi connectivity index (χ2v) is 17.5. The Balaban J connectivity index is 2.74. The molecule has 0 amide bonds. The van der Waals surface area contributed by atoms with E-state index in [2.05, 4.69) is 45.1 Å². The van der Waals surface area contributed by atoms with Crippen molar-refractivity contribution in [3.63, 3.8) is 0 Å². The second-order valence-electron chi connectivity index (χ2n) is 17.5. The number of carbonyl (C=O) groups excluding carboxylic acids is 3. The number of carboxylic acids is 1. The number of hydrogen-bond acceptors (Lipinski definition) is 11. The molecule has 1 fully saturated rings. The highest BCUT2D eigenvalue weighted by atomic mass is 16.7. The van der Waals surface area contributed by atoms with Crippen molar-refractivity contribution in [3.8, 4) is 0 Å². The molecule has 12 heteroatoms. The van der Waals surface area contributed by atoms with Crippen LogP contribution in [0.15, 0.2) is 24.3 Å². The molecule has 366 valence electrons. The molecule has 63 heavy (non-hydrogen) atoms. The summed E-state index contributed by atoms with van der Waals surface area (Å²) in [5, 5.41) is 31.2. The van der Waals surface area contributed by atoms with Crippen LogP contribution in [-0.4, -0.2) is 89.2 Å². The summed E-state index contributed by atoms with van der Waals surface area (Å²) < 4.78 is 28.2. The first-order valence-corrected chi connectivity index (χ1v) is 25.3. The molecule has 1 saturated heterocycles. The van der Waals surface area contributed by atoms with Gasteiger partial charge in [0.2, 0.25) is 0 Å². The Morgan fingerprint density at radius 2 is 0.984 bits per heavy atom. The van der Waals surface area contributed by atoms with Gasteiger partial charge in [-0.05, 0) is 44.9 Å². The molecule has 0 bridgehead atoms. The maximum absolute atomic E-state index is 13.0. The molecule has 1 aliphatic rings. The van der Waals surface area contributed by atoms with Crippen molar-refractivity contribution in [2.45, 2.75) is 263 Å². The fourth-order valence-corrected chi connectivity index (χ4v) is 7.58. The number of unbranched alkanes of at least 4 members (excludes halogenated alkanes) is 24. The van der Waals surface area contributed by atoms with Crippen molar-refractivity contribution in [2.24, 2.45) is 0 Å². The standard InChI is InChI=1S/C51H90O12/c1-4-7-10-13-16-19-21-22-24-26-28-31-34-37-43(52)59-40-42(61-44(53)38-35-32-29-25-18-15-12-9-6-3)41-60-51-49(47(56)46(55)48(63-51)50(57)58)62-45(54)39-36-33-30-27-23-20-17-14-11-8-5-2/h10,13,19,21,42,46-49,51,55-56H,4-9,11-12,14-18,20,22-41H2,1-3H3,(H,57,58)/b13-10-,21-19-. The van der Waals surface area contributed by atoms with E-state index in [9.17, 15) is 34.5 Å². The summed E-state index contributed by atoms with van der Waals surface area (Å²) in [7, 11) is 0. The highest BCUT2D eigenvalue weighted by Gasteiger charge is 2.50. The van der Waals surface area contributed by atoms with E-state index in [1.165, 1.54) is 70.6 Å². The van der Waals surface area contributed by atoms with Crippen molar-refractivity contribution < 1.29 is 58.2 Å². The molecular formula is C51H90O12. The van der Waals surface area contributed by atoms with E-state index >= 15 is 0 Å². The van der Waals surface area contributed by atoms with Crippen LogP contribution in [0, 0.1) is 0 Å². The molecule has 0 aliphatic carbocycles.